The van der Waals surface area contributed by atoms with E-state index in [-0.39, 0.29) is 5.91 Å². The average molecular weight is 299 g/mol. The van der Waals surface area contributed by atoms with Gasteiger partial charge >= 0.3 is 0 Å². The average Bonchev–Trinajstić information content (AvgIpc) is 2.95. The molecular weight excluding hydrogens is 282 g/mol. The number of thiazole rings is 1. The van der Waals surface area contributed by atoms with E-state index >= 15 is 0 Å². The van der Waals surface area contributed by atoms with Gasteiger partial charge in [-0.15, -0.1) is 11.3 Å². The van der Waals surface area contributed by atoms with Crippen molar-refractivity contribution in [1.29, 1.82) is 5.26 Å². The van der Waals surface area contributed by atoms with Gasteiger partial charge in [-0.05, 0) is 20.3 Å². The molecule has 0 saturated heterocycles. The molecule has 2 rings (SSSR count). The van der Waals surface area contributed by atoms with Crippen molar-refractivity contribution in [2.24, 2.45) is 0 Å². The monoisotopic (exact) mass is 299 g/mol. The van der Waals surface area contributed by atoms with Crippen LogP contribution in [0.2, 0.25) is 0 Å². The molecule has 0 saturated carbocycles. The normalized spacial score (nSPS) is 10.9. The number of carbonyl (C=O) groups is 1. The first kappa shape index (κ1) is 15.2. The van der Waals surface area contributed by atoms with E-state index in [0.29, 0.717) is 12.8 Å². The van der Waals surface area contributed by atoms with E-state index < -0.39 is 5.54 Å². The number of nitriles is 1. The van der Waals surface area contributed by atoms with Crippen LogP contribution in [-0.4, -0.2) is 16.4 Å². The molecule has 2 aromatic rings. The summed E-state index contributed by atoms with van der Waals surface area (Å²) in [5.74, 6) is -0.129. The second-order valence-corrected chi connectivity index (χ2v) is 6.15. The summed E-state index contributed by atoms with van der Waals surface area (Å²) in [5.41, 5.74) is 1.17. The van der Waals surface area contributed by atoms with Gasteiger partial charge in [-0.3, -0.25) is 4.79 Å². The Morgan fingerprint density at radius 3 is 2.76 bits per heavy atom. The van der Waals surface area contributed by atoms with Gasteiger partial charge in [-0.25, -0.2) is 4.98 Å². The highest BCUT2D eigenvalue weighted by atomic mass is 32.1. The maximum absolute atomic E-state index is 11.8. The summed E-state index contributed by atoms with van der Waals surface area (Å²) in [4.78, 5) is 16.3. The quantitative estimate of drug-likeness (QED) is 0.922. The van der Waals surface area contributed by atoms with Crippen LogP contribution in [0.15, 0.2) is 35.7 Å². The smallest absolute Gasteiger partial charge is 0.221 e. The Kier molecular flexibility index (Phi) is 4.71. The lowest BCUT2D eigenvalue weighted by Gasteiger charge is -2.16. The van der Waals surface area contributed by atoms with Crippen molar-refractivity contribution in [3.05, 3.63) is 41.4 Å². The number of nitrogens with one attached hydrogen (secondary N) is 1. The number of carbonyl (C=O) groups excluding carboxylic acids is 1. The first-order chi connectivity index (χ1) is 10.00. The van der Waals surface area contributed by atoms with Gasteiger partial charge in [0.1, 0.15) is 10.5 Å². The molecule has 4 nitrogen and oxygen atoms in total. The molecule has 0 bridgehead atoms. The largest absolute Gasteiger partial charge is 0.338 e. The Hall–Kier alpha value is -2.19. The second kappa shape index (κ2) is 6.51. The molecule has 0 unspecified atom stereocenters. The van der Waals surface area contributed by atoms with Crippen molar-refractivity contribution in [3.63, 3.8) is 0 Å². The Morgan fingerprint density at radius 1 is 1.38 bits per heavy atom. The van der Waals surface area contributed by atoms with Gasteiger partial charge in [0.25, 0.3) is 0 Å². The lowest BCUT2D eigenvalue weighted by molar-refractivity contribution is -0.122. The molecule has 1 heterocycles. The highest BCUT2D eigenvalue weighted by molar-refractivity contribution is 7.13. The third-order valence-electron chi connectivity index (χ3n) is 2.91. The molecule has 21 heavy (non-hydrogen) atoms. The molecule has 108 valence electrons. The van der Waals surface area contributed by atoms with Crippen molar-refractivity contribution in [2.75, 3.05) is 0 Å². The van der Waals surface area contributed by atoms with Crippen LogP contribution in [0.3, 0.4) is 0 Å². The maximum atomic E-state index is 11.8. The van der Waals surface area contributed by atoms with Gasteiger partial charge in [0, 0.05) is 17.4 Å². The topological polar surface area (TPSA) is 65.8 Å². The third-order valence-corrected chi connectivity index (χ3v) is 3.85. The Morgan fingerprint density at radius 2 is 2.10 bits per heavy atom. The molecule has 1 N–H and O–H groups in total. The van der Waals surface area contributed by atoms with Crippen LogP contribution in [0, 0.1) is 11.3 Å². The van der Waals surface area contributed by atoms with Gasteiger partial charge in [0.2, 0.25) is 5.91 Å². The summed E-state index contributed by atoms with van der Waals surface area (Å²) in [5, 5.41) is 14.5. The Balaban J connectivity index is 1.92. The van der Waals surface area contributed by atoms with Crippen molar-refractivity contribution in [2.45, 2.75) is 32.2 Å². The zero-order valence-corrected chi connectivity index (χ0v) is 12.9. The van der Waals surface area contributed by atoms with Crippen LogP contribution in [-0.2, 0) is 11.2 Å². The summed E-state index contributed by atoms with van der Waals surface area (Å²) in [6.45, 7) is 3.36. The summed E-state index contributed by atoms with van der Waals surface area (Å²) < 4.78 is 0. The summed E-state index contributed by atoms with van der Waals surface area (Å²) >= 11 is 1.58. The molecule has 0 aliphatic rings. The molecule has 0 radical (unpaired) electrons. The number of hydrogen-bond donors (Lipinski definition) is 1. The third kappa shape index (κ3) is 4.40. The van der Waals surface area contributed by atoms with E-state index in [1.54, 1.807) is 25.2 Å². The molecule has 0 spiro atoms. The SMILES string of the molecule is CC(C)(C#N)NC(=O)CCc1csc(-c2ccccc2)n1. The summed E-state index contributed by atoms with van der Waals surface area (Å²) in [6.07, 6.45) is 0.916. The van der Waals surface area contributed by atoms with Crippen LogP contribution in [0.4, 0.5) is 0 Å². The fraction of sp³-hybridized carbons (Fsp3) is 0.312. The van der Waals surface area contributed by atoms with E-state index in [1.807, 2.05) is 35.7 Å². The highest BCUT2D eigenvalue weighted by Gasteiger charge is 2.19. The van der Waals surface area contributed by atoms with E-state index in [2.05, 4.69) is 16.4 Å². The van der Waals surface area contributed by atoms with Gasteiger partial charge < -0.3 is 5.32 Å². The number of benzene rings is 1. The maximum Gasteiger partial charge on any atom is 0.221 e. The predicted molar refractivity (Wildman–Crippen MR) is 83.7 cm³/mol. The molecular formula is C16H17N3OS. The number of nitrogens with zero attached hydrogens (tertiary/aromatic N) is 2. The number of amides is 1. The van der Waals surface area contributed by atoms with Gasteiger partial charge in [0.05, 0.1) is 11.8 Å². The van der Waals surface area contributed by atoms with E-state index in [0.717, 1.165) is 16.3 Å². The lowest BCUT2D eigenvalue weighted by atomic mass is 10.1. The van der Waals surface area contributed by atoms with E-state index in [9.17, 15) is 4.79 Å². The fourth-order valence-electron chi connectivity index (χ4n) is 1.82. The molecule has 1 amide bonds. The molecule has 5 heteroatoms. The minimum Gasteiger partial charge on any atom is -0.338 e. The lowest BCUT2D eigenvalue weighted by Crippen LogP contribution is -2.42. The van der Waals surface area contributed by atoms with Gasteiger partial charge in [-0.1, -0.05) is 30.3 Å². The first-order valence-electron chi connectivity index (χ1n) is 6.72. The minimum absolute atomic E-state index is 0.129. The second-order valence-electron chi connectivity index (χ2n) is 5.30. The zero-order valence-electron chi connectivity index (χ0n) is 12.1. The standard InChI is InChI=1S/C16H17N3OS/c1-16(2,11-17)19-14(20)9-8-13-10-21-15(18-13)12-6-4-3-5-7-12/h3-7,10H,8-9H2,1-2H3,(H,19,20). The molecule has 1 aromatic carbocycles. The van der Waals surface area contributed by atoms with Crippen molar-refractivity contribution in [3.8, 4) is 16.6 Å². The minimum atomic E-state index is -0.825. The van der Waals surface area contributed by atoms with Gasteiger partial charge in [0.15, 0.2) is 0 Å². The van der Waals surface area contributed by atoms with Crippen LogP contribution in [0.1, 0.15) is 26.0 Å². The van der Waals surface area contributed by atoms with Gasteiger partial charge in [-0.2, -0.15) is 5.26 Å². The van der Waals surface area contributed by atoms with Crippen LogP contribution in [0.25, 0.3) is 10.6 Å². The van der Waals surface area contributed by atoms with Crippen molar-refractivity contribution >= 4 is 17.2 Å². The zero-order chi connectivity index (χ0) is 15.3. The van der Waals surface area contributed by atoms with E-state index in [1.165, 1.54) is 0 Å². The molecule has 0 aliphatic heterocycles. The molecule has 0 atom stereocenters. The molecule has 0 fully saturated rings. The predicted octanol–water partition coefficient (Wildman–Crippen LogP) is 3.16. The fourth-order valence-corrected chi connectivity index (χ4v) is 2.68. The van der Waals surface area contributed by atoms with Crippen LogP contribution >= 0.6 is 11.3 Å². The first-order valence-corrected chi connectivity index (χ1v) is 7.60. The van der Waals surface area contributed by atoms with Crippen LogP contribution in [0.5, 0.6) is 0 Å². The number of hydrogen-bond acceptors (Lipinski definition) is 4. The Labute approximate surface area is 128 Å². The number of rotatable bonds is 5. The van der Waals surface area contributed by atoms with Crippen LogP contribution < -0.4 is 5.32 Å². The number of aromatic nitrogens is 1. The number of aryl methyl sites for hydroxylation is 1. The van der Waals surface area contributed by atoms with Crippen molar-refractivity contribution < 1.29 is 4.79 Å². The molecule has 1 aromatic heterocycles. The highest BCUT2D eigenvalue weighted by Crippen LogP contribution is 2.23. The van der Waals surface area contributed by atoms with Crippen molar-refractivity contribution in [1.82, 2.24) is 10.3 Å². The Bertz CT molecular complexity index is 656. The van der Waals surface area contributed by atoms with E-state index in [4.69, 9.17) is 5.26 Å². The molecule has 0 aliphatic carbocycles. The summed E-state index contributed by atoms with van der Waals surface area (Å²) in [6, 6.07) is 12.0. The summed E-state index contributed by atoms with van der Waals surface area (Å²) in [7, 11) is 0.